The Hall–Kier alpha value is 1.01. The molecule has 0 unspecified atom stereocenters. The van der Waals surface area contributed by atoms with Gasteiger partial charge in [-0.25, -0.2) is 0 Å². The van der Waals surface area contributed by atoms with Crippen LogP contribution in [0.5, 0.6) is 0 Å². The fraction of sp³-hybridized carbons (Fsp3) is 1.00. The van der Waals surface area contributed by atoms with Crippen LogP contribution in [0.25, 0.3) is 0 Å². The molecule has 0 aliphatic heterocycles. The largest absolute Gasteiger partial charge is 0.187 e. The molecule has 0 saturated carbocycles. The van der Waals surface area contributed by atoms with Gasteiger partial charge in [0.15, 0.2) is 17.4 Å². The van der Waals surface area contributed by atoms with Crippen molar-refractivity contribution in [1.82, 2.24) is 0 Å². The Balaban J connectivity index is 0. The molecule has 0 spiro atoms. The van der Waals surface area contributed by atoms with Crippen LogP contribution < -0.4 is 0 Å². The predicted molar refractivity (Wildman–Crippen MR) is 29.4 cm³/mol. The van der Waals surface area contributed by atoms with Gasteiger partial charge in [0, 0.05) is 5.33 Å². The van der Waals surface area contributed by atoms with Crippen molar-refractivity contribution in [3.8, 4) is 0 Å². The Morgan fingerprint density at radius 2 is 1.75 bits per heavy atom. The minimum absolute atomic E-state index is 0. The summed E-state index contributed by atoms with van der Waals surface area (Å²) in [7, 11) is 0. The lowest BCUT2D eigenvalue weighted by molar-refractivity contribution is 1.56. The fourth-order valence-corrected chi connectivity index (χ4v) is 0. The van der Waals surface area contributed by atoms with Crippen LogP contribution in [-0.4, -0.2) is 22.7 Å². The first-order chi connectivity index (χ1) is 1.41. The van der Waals surface area contributed by atoms with Crippen molar-refractivity contribution in [2.75, 3.05) is 5.33 Å². The lowest BCUT2D eigenvalue weighted by Gasteiger charge is -1.45. The van der Waals surface area contributed by atoms with Crippen molar-refractivity contribution in [3.05, 3.63) is 0 Å². The SMILES string of the molecule is CCBr.[AlH3]. The lowest BCUT2D eigenvalue weighted by atomic mass is 11.0. The van der Waals surface area contributed by atoms with Gasteiger partial charge in [0.25, 0.3) is 0 Å². The van der Waals surface area contributed by atoms with E-state index in [0.717, 1.165) is 5.33 Å². The molecule has 0 heterocycles. The minimum atomic E-state index is 0. The van der Waals surface area contributed by atoms with Crippen LogP contribution >= 0.6 is 15.9 Å². The highest BCUT2D eigenvalue weighted by Crippen LogP contribution is 1.67. The Labute approximate surface area is 45.8 Å². The zero-order valence-corrected chi connectivity index (χ0v) is 3.67. The maximum atomic E-state index is 3.15. The minimum Gasteiger partial charge on any atom is -0.0931 e. The van der Waals surface area contributed by atoms with E-state index in [1.165, 1.54) is 0 Å². The molecule has 0 saturated heterocycles. The Bertz CT molecular complexity index is 6.00. The summed E-state index contributed by atoms with van der Waals surface area (Å²) in [5, 5.41) is 1.06. The summed E-state index contributed by atoms with van der Waals surface area (Å²) in [6.45, 7) is 2.04. The summed E-state index contributed by atoms with van der Waals surface area (Å²) in [6, 6.07) is 0. The first kappa shape index (κ1) is 8.89. The average molecular weight is 139 g/mol. The third-order valence-corrected chi connectivity index (χ3v) is 0. The number of hydrogen-bond donors (Lipinski definition) is 0. The second kappa shape index (κ2) is 8.99. The maximum absolute atomic E-state index is 3.15. The molecule has 0 nitrogen and oxygen atoms in total. The molecule has 26 valence electrons. The van der Waals surface area contributed by atoms with Crippen molar-refractivity contribution >= 4 is 33.3 Å². The summed E-state index contributed by atoms with van der Waals surface area (Å²) in [6.07, 6.45) is 0. The molecule has 0 aliphatic rings. The van der Waals surface area contributed by atoms with Gasteiger partial charge in [0.2, 0.25) is 0 Å². The summed E-state index contributed by atoms with van der Waals surface area (Å²) in [5.41, 5.74) is 0. The standard InChI is InChI=1S/C2H5Br.Al.3H/c1-2-3;;;;/h2H2,1H3;;;;. The first-order valence-electron chi connectivity index (χ1n) is 0.974. The van der Waals surface area contributed by atoms with E-state index in [9.17, 15) is 0 Å². The van der Waals surface area contributed by atoms with Gasteiger partial charge in [-0.15, -0.1) is 0 Å². The molecular weight excluding hydrogens is 131 g/mol. The molecule has 2 heteroatoms. The van der Waals surface area contributed by atoms with E-state index in [1.807, 2.05) is 6.92 Å². The van der Waals surface area contributed by atoms with E-state index in [-0.39, 0.29) is 17.4 Å². The molecule has 0 atom stereocenters. The highest BCUT2D eigenvalue weighted by molar-refractivity contribution is 9.09. The van der Waals surface area contributed by atoms with E-state index in [1.54, 1.807) is 0 Å². The normalized spacial score (nSPS) is 4.50. The highest BCUT2D eigenvalue weighted by atomic mass is 79.9. The summed E-state index contributed by atoms with van der Waals surface area (Å²) < 4.78 is 0. The van der Waals surface area contributed by atoms with Gasteiger partial charge in [0.05, 0.1) is 0 Å². The Morgan fingerprint density at radius 3 is 1.75 bits per heavy atom. The quantitative estimate of drug-likeness (QED) is 0.332. The number of rotatable bonds is 0. The van der Waals surface area contributed by atoms with Crippen LogP contribution in [0.3, 0.4) is 0 Å². The topological polar surface area (TPSA) is 0 Å². The van der Waals surface area contributed by atoms with E-state index >= 15 is 0 Å². The van der Waals surface area contributed by atoms with Gasteiger partial charge in [-0.2, -0.15) is 0 Å². The third kappa shape index (κ3) is 11.9. The van der Waals surface area contributed by atoms with Crippen LogP contribution in [-0.2, 0) is 0 Å². The second-order valence-corrected chi connectivity index (χ2v) is 1.39. The number of halogens is 1. The number of alkyl halides is 1. The summed E-state index contributed by atoms with van der Waals surface area (Å²) in [5.74, 6) is 0. The predicted octanol–water partition coefficient (Wildman–Crippen LogP) is 0.217. The molecule has 0 radical (unpaired) electrons. The van der Waals surface area contributed by atoms with Crippen molar-refractivity contribution < 1.29 is 0 Å². The molecule has 0 N–H and O–H groups in total. The molecule has 0 aromatic rings. The van der Waals surface area contributed by atoms with E-state index < -0.39 is 0 Å². The molecular formula is C2H8AlBr. The molecule has 0 rings (SSSR count). The highest BCUT2D eigenvalue weighted by Gasteiger charge is 1.38. The lowest BCUT2D eigenvalue weighted by Crippen LogP contribution is -1.34. The smallest absolute Gasteiger partial charge is 0.0931 e. The van der Waals surface area contributed by atoms with E-state index in [4.69, 9.17) is 0 Å². The zero-order chi connectivity index (χ0) is 2.71. The van der Waals surface area contributed by atoms with Crippen LogP contribution in [0.15, 0.2) is 0 Å². The molecule has 0 fully saturated rings. The van der Waals surface area contributed by atoms with Gasteiger partial charge < -0.3 is 0 Å². The molecule has 0 aromatic heterocycles. The maximum Gasteiger partial charge on any atom is 0.187 e. The average Bonchev–Trinajstić information content (AvgIpc) is 0.918. The van der Waals surface area contributed by atoms with Crippen molar-refractivity contribution in [1.29, 1.82) is 0 Å². The van der Waals surface area contributed by atoms with Gasteiger partial charge in [-0.1, -0.05) is 22.9 Å². The molecule has 0 amide bonds. The Morgan fingerprint density at radius 1 is 1.75 bits per heavy atom. The van der Waals surface area contributed by atoms with Crippen molar-refractivity contribution in [2.24, 2.45) is 0 Å². The van der Waals surface area contributed by atoms with Crippen LogP contribution in [0, 0.1) is 0 Å². The van der Waals surface area contributed by atoms with Crippen LogP contribution in [0.1, 0.15) is 6.92 Å². The fourth-order valence-electron chi connectivity index (χ4n) is 0. The zero-order valence-electron chi connectivity index (χ0n) is 2.09. The van der Waals surface area contributed by atoms with E-state index in [0.29, 0.717) is 0 Å². The summed E-state index contributed by atoms with van der Waals surface area (Å²) >= 11 is 3.15. The Kier molecular flexibility index (Phi) is 20.0. The monoisotopic (exact) mass is 138 g/mol. The molecule has 0 aliphatic carbocycles. The molecule has 4 heavy (non-hydrogen) atoms. The molecule has 0 bridgehead atoms. The van der Waals surface area contributed by atoms with E-state index in [2.05, 4.69) is 15.9 Å². The third-order valence-electron chi connectivity index (χ3n) is 0. The second-order valence-electron chi connectivity index (χ2n) is 0.267. The van der Waals surface area contributed by atoms with Gasteiger partial charge in [0.1, 0.15) is 0 Å². The van der Waals surface area contributed by atoms with Gasteiger partial charge >= 0.3 is 0 Å². The van der Waals surface area contributed by atoms with Crippen molar-refractivity contribution in [3.63, 3.8) is 0 Å². The van der Waals surface area contributed by atoms with Gasteiger partial charge in [-0.05, 0) is 0 Å². The number of hydrogen-bond acceptors (Lipinski definition) is 0. The van der Waals surface area contributed by atoms with Gasteiger partial charge in [-0.3, -0.25) is 0 Å². The first-order valence-corrected chi connectivity index (χ1v) is 2.10. The molecule has 0 aromatic carbocycles. The summed E-state index contributed by atoms with van der Waals surface area (Å²) in [4.78, 5) is 0. The van der Waals surface area contributed by atoms with Crippen LogP contribution in [0.2, 0.25) is 0 Å². The van der Waals surface area contributed by atoms with Crippen molar-refractivity contribution in [2.45, 2.75) is 6.92 Å². The van der Waals surface area contributed by atoms with Crippen LogP contribution in [0.4, 0.5) is 0 Å².